The van der Waals surface area contributed by atoms with Gasteiger partial charge in [-0.15, -0.1) is 11.3 Å². The third-order valence-corrected chi connectivity index (χ3v) is 3.64. The maximum absolute atomic E-state index is 12.1. The zero-order chi connectivity index (χ0) is 13.1. The Morgan fingerprint density at radius 2 is 2.44 bits per heavy atom. The van der Waals surface area contributed by atoms with Crippen LogP contribution in [0.4, 0.5) is 5.69 Å². The van der Waals surface area contributed by atoms with Crippen molar-refractivity contribution in [2.24, 2.45) is 0 Å². The zero-order valence-electron chi connectivity index (χ0n) is 10.3. The van der Waals surface area contributed by atoms with E-state index in [1.165, 1.54) is 11.3 Å². The van der Waals surface area contributed by atoms with Crippen LogP contribution in [0.5, 0.6) is 0 Å². The van der Waals surface area contributed by atoms with Crippen LogP contribution in [0.15, 0.2) is 18.3 Å². The maximum atomic E-state index is 12.1. The summed E-state index contributed by atoms with van der Waals surface area (Å²) in [6.45, 7) is 2.35. The molecule has 2 aromatic rings. The molecule has 5 nitrogen and oxygen atoms in total. The molecule has 6 heteroatoms. The van der Waals surface area contributed by atoms with Crippen molar-refractivity contribution in [1.29, 1.82) is 0 Å². The minimum absolute atomic E-state index is 0.0555. The summed E-state index contributed by atoms with van der Waals surface area (Å²) < 4.78 is 5.89. The number of nitrogens with zero attached hydrogens (tertiary/aromatic N) is 1. The standard InChI is InChI=1S/C12H15N3O2S/c1-7(6-17-2)15-12(16)11-9(13)10-8(18-11)4-3-5-14-10/h3-5,7H,6,13H2,1-2H3,(H,15,16). The highest BCUT2D eigenvalue weighted by Gasteiger charge is 2.18. The molecule has 18 heavy (non-hydrogen) atoms. The van der Waals surface area contributed by atoms with Crippen molar-refractivity contribution >= 4 is 33.1 Å². The largest absolute Gasteiger partial charge is 0.396 e. The Morgan fingerprint density at radius 3 is 3.11 bits per heavy atom. The van der Waals surface area contributed by atoms with Gasteiger partial charge in [-0.3, -0.25) is 9.78 Å². The zero-order valence-corrected chi connectivity index (χ0v) is 11.1. The van der Waals surface area contributed by atoms with Crippen molar-refractivity contribution in [3.63, 3.8) is 0 Å². The summed E-state index contributed by atoms with van der Waals surface area (Å²) in [5, 5.41) is 2.84. The van der Waals surface area contributed by atoms with Crippen LogP contribution in [0.1, 0.15) is 16.6 Å². The van der Waals surface area contributed by atoms with Gasteiger partial charge < -0.3 is 15.8 Å². The first-order valence-corrected chi connectivity index (χ1v) is 6.38. The van der Waals surface area contributed by atoms with Crippen LogP contribution in [0.2, 0.25) is 0 Å². The van der Waals surface area contributed by atoms with Crippen LogP contribution in [0.3, 0.4) is 0 Å². The molecule has 0 saturated carbocycles. The Bertz CT molecular complexity index is 567. The van der Waals surface area contributed by atoms with Gasteiger partial charge in [0.05, 0.1) is 17.0 Å². The molecule has 0 aliphatic carbocycles. The van der Waals surface area contributed by atoms with Gasteiger partial charge in [0, 0.05) is 19.3 Å². The maximum Gasteiger partial charge on any atom is 0.263 e. The summed E-state index contributed by atoms with van der Waals surface area (Å²) in [4.78, 5) is 16.7. The molecule has 2 aromatic heterocycles. The van der Waals surface area contributed by atoms with E-state index in [2.05, 4.69) is 10.3 Å². The number of rotatable bonds is 4. The fourth-order valence-electron chi connectivity index (χ4n) is 1.70. The van der Waals surface area contributed by atoms with E-state index >= 15 is 0 Å². The molecule has 0 fully saturated rings. The first-order valence-electron chi connectivity index (χ1n) is 5.56. The highest BCUT2D eigenvalue weighted by atomic mass is 32.1. The molecule has 0 radical (unpaired) electrons. The van der Waals surface area contributed by atoms with E-state index in [1.807, 2.05) is 19.1 Å². The minimum Gasteiger partial charge on any atom is -0.396 e. The van der Waals surface area contributed by atoms with Gasteiger partial charge in [-0.2, -0.15) is 0 Å². The Kier molecular flexibility index (Phi) is 3.78. The minimum atomic E-state index is -0.181. The molecule has 96 valence electrons. The number of hydrogen-bond donors (Lipinski definition) is 2. The first kappa shape index (κ1) is 12.8. The number of pyridine rings is 1. The van der Waals surface area contributed by atoms with Crippen molar-refractivity contribution in [2.45, 2.75) is 13.0 Å². The molecule has 0 aliphatic rings. The number of nitrogens with two attached hydrogens (primary N) is 1. The number of amides is 1. The second kappa shape index (κ2) is 5.32. The summed E-state index contributed by atoms with van der Waals surface area (Å²) in [5.74, 6) is -0.181. The second-order valence-electron chi connectivity index (χ2n) is 4.02. The van der Waals surface area contributed by atoms with Gasteiger partial charge >= 0.3 is 0 Å². The fraction of sp³-hybridized carbons (Fsp3) is 0.333. The van der Waals surface area contributed by atoms with Crippen LogP contribution in [0.25, 0.3) is 10.2 Å². The Morgan fingerprint density at radius 1 is 1.67 bits per heavy atom. The molecule has 0 saturated heterocycles. The summed E-state index contributed by atoms with van der Waals surface area (Å²) >= 11 is 1.35. The van der Waals surface area contributed by atoms with Crippen LogP contribution in [-0.4, -0.2) is 30.6 Å². The van der Waals surface area contributed by atoms with Gasteiger partial charge in [-0.05, 0) is 19.1 Å². The van der Waals surface area contributed by atoms with E-state index in [-0.39, 0.29) is 11.9 Å². The van der Waals surface area contributed by atoms with Gasteiger partial charge in [-0.1, -0.05) is 0 Å². The number of thiophene rings is 1. The third kappa shape index (κ3) is 2.44. The van der Waals surface area contributed by atoms with E-state index < -0.39 is 0 Å². The van der Waals surface area contributed by atoms with E-state index in [4.69, 9.17) is 10.5 Å². The number of carbonyl (C=O) groups excluding carboxylic acids is 1. The highest BCUT2D eigenvalue weighted by molar-refractivity contribution is 7.21. The van der Waals surface area contributed by atoms with Crippen LogP contribution >= 0.6 is 11.3 Å². The lowest BCUT2D eigenvalue weighted by molar-refractivity contribution is 0.0910. The molecule has 1 unspecified atom stereocenters. The lowest BCUT2D eigenvalue weighted by Gasteiger charge is -2.11. The second-order valence-corrected chi connectivity index (χ2v) is 5.08. The van der Waals surface area contributed by atoms with E-state index in [0.29, 0.717) is 22.7 Å². The average molecular weight is 265 g/mol. The number of methoxy groups -OCH3 is 1. The number of fused-ring (bicyclic) bond motifs is 1. The van der Waals surface area contributed by atoms with Crippen molar-refractivity contribution in [3.8, 4) is 0 Å². The molecule has 2 rings (SSSR count). The molecule has 2 heterocycles. The number of anilines is 1. The molecule has 0 spiro atoms. The molecular formula is C12H15N3O2S. The summed E-state index contributed by atoms with van der Waals surface area (Å²) in [6.07, 6.45) is 1.67. The number of aromatic nitrogens is 1. The van der Waals surface area contributed by atoms with E-state index in [9.17, 15) is 4.79 Å². The van der Waals surface area contributed by atoms with Crippen LogP contribution in [-0.2, 0) is 4.74 Å². The normalized spacial score (nSPS) is 12.6. The lowest BCUT2D eigenvalue weighted by Crippen LogP contribution is -2.35. The predicted molar refractivity (Wildman–Crippen MR) is 72.8 cm³/mol. The van der Waals surface area contributed by atoms with Crippen molar-refractivity contribution in [2.75, 3.05) is 19.5 Å². The summed E-state index contributed by atoms with van der Waals surface area (Å²) in [5.41, 5.74) is 7.07. The monoisotopic (exact) mass is 265 g/mol. The number of nitrogens with one attached hydrogen (secondary N) is 1. The molecule has 3 N–H and O–H groups in total. The van der Waals surface area contributed by atoms with Gasteiger partial charge in [0.15, 0.2) is 0 Å². The van der Waals surface area contributed by atoms with Gasteiger partial charge in [0.2, 0.25) is 0 Å². The topological polar surface area (TPSA) is 77.2 Å². The van der Waals surface area contributed by atoms with Crippen molar-refractivity contribution < 1.29 is 9.53 Å². The van der Waals surface area contributed by atoms with Crippen molar-refractivity contribution in [3.05, 3.63) is 23.2 Å². The number of nitrogen functional groups attached to an aromatic ring is 1. The lowest BCUT2D eigenvalue weighted by atomic mass is 10.3. The Hall–Kier alpha value is -1.66. The Labute approximate surface area is 109 Å². The van der Waals surface area contributed by atoms with Crippen molar-refractivity contribution in [1.82, 2.24) is 10.3 Å². The molecule has 1 amide bonds. The molecule has 0 bridgehead atoms. The van der Waals surface area contributed by atoms with Crippen LogP contribution < -0.4 is 11.1 Å². The molecule has 0 aromatic carbocycles. The number of hydrogen-bond acceptors (Lipinski definition) is 5. The molecule has 0 aliphatic heterocycles. The van der Waals surface area contributed by atoms with Gasteiger partial charge in [0.1, 0.15) is 10.4 Å². The van der Waals surface area contributed by atoms with Gasteiger partial charge in [0.25, 0.3) is 5.91 Å². The fourth-order valence-corrected chi connectivity index (χ4v) is 2.68. The molecule has 1 atom stereocenters. The van der Waals surface area contributed by atoms with E-state index in [0.717, 1.165) is 4.70 Å². The van der Waals surface area contributed by atoms with Gasteiger partial charge in [-0.25, -0.2) is 0 Å². The Balaban J connectivity index is 2.25. The SMILES string of the molecule is COCC(C)NC(=O)c1sc2cccnc2c1N. The molecular weight excluding hydrogens is 250 g/mol. The number of carbonyl (C=O) groups is 1. The summed E-state index contributed by atoms with van der Waals surface area (Å²) in [7, 11) is 1.60. The quantitative estimate of drug-likeness (QED) is 0.881. The smallest absolute Gasteiger partial charge is 0.263 e. The highest BCUT2D eigenvalue weighted by Crippen LogP contribution is 2.31. The first-order chi connectivity index (χ1) is 8.63. The third-order valence-electron chi connectivity index (χ3n) is 2.48. The predicted octanol–water partition coefficient (Wildman–Crippen LogP) is 1.64. The summed E-state index contributed by atoms with van der Waals surface area (Å²) in [6, 6.07) is 3.67. The van der Waals surface area contributed by atoms with E-state index in [1.54, 1.807) is 13.3 Å². The number of ether oxygens (including phenoxy) is 1. The average Bonchev–Trinajstić information content (AvgIpc) is 2.68. The van der Waals surface area contributed by atoms with Crippen LogP contribution in [0, 0.1) is 0 Å².